The van der Waals surface area contributed by atoms with E-state index in [0.29, 0.717) is 42.8 Å². The lowest BCUT2D eigenvalue weighted by molar-refractivity contribution is -0.122. The number of anilines is 3. The van der Waals surface area contributed by atoms with Crippen molar-refractivity contribution in [3.63, 3.8) is 0 Å². The van der Waals surface area contributed by atoms with Gasteiger partial charge in [-0.25, -0.2) is 18.7 Å². The first-order chi connectivity index (χ1) is 15.4. The number of carbonyl (C=O) groups excluding carboxylic acids is 1. The van der Waals surface area contributed by atoms with E-state index in [9.17, 15) is 18.7 Å². The smallest absolute Gasteiger partial charge is 0.225 e. The Balaban J connectivity index is 1.76. The number of imidazole rings is 1. The van der Waals surface area contributed by atoms with E-state index in [-0.39, 0.29) is 42.2 Å². The lowest BCUT2D eigenvalue weighted by Gasteiger charge is -2.29. The van der Waals surface area contributed by atoms with Crippen molar-refractivity contribution in [3.8, 4) is 0 Å². The summed E-state index contributed by atoms with van der Waals surface area (Å²) in [5.74, 6) is -1.48. The van der Waals surface area contributed by atoms with Crippen LogP contribution in [0.2, 0.25) is 0 Å². The SMILES string of the molecule is CC(CO)Nc1ncc2nc(Nc3c(F)cccc3F)n(C3CCC(C(N)=O)CC3)c2n1. The minimum absolute atomic E-state index is 0.100. The van der Waals surface area contributed by atoms with Gasteiger partial charge in [-0.15, -0.1) is 0 Å². The number of aliphatic hydroxyl groups is 1. The predicted molar refractivity (Wildman–Crippen MR) is 115 cm³/mol. The highest BCUT2D eigenvalue weighted by molar-refractivity contribution is 5.78. The number of amides is 1. The molecule has 1 aromatic carbocycles. The monoisotopic (exact) mass is 445 g/mol. The zero-order valence-electron chi connectivity index (χ0n) is 17.6. The molecule has 1 saturated carbocycles. The third kappa shape index (κ3) is 4.33. The number of halogens is 2. The van der Waals surface area contributed by atoms with Gasteiger partial charge in [-0.3, -0.25) is 9.36 Å². The van der Waals surface area contributed by atoms with E-state index in [0.717, 1.165) is 12.1 Å². The molecular formula is C21H25F2N7O2. The van der Waals surface area contributed by atoms with Crippen LogP contribution in [0.15, 0.2) is 24.4 Å². The summed E-state index contributed by atoms with van der Waals surface area (Å²) in [5.41, 5.74) is 6.08. The van der Waals surface area contributed by atoms with Crippen molar-refractivity contribution in [3.05, 3.63) is 36.0 Å². The van der Waals surface area contributed by atoms with Crippen LogP contribution < -0.4 is 16.4 Å². The molecule has 4 rings (SSSR count). The average Bonchev–Trinajstić information content (AvgIpc) is 3.13. The molecule has 0 aliphatic heterocycles. The average molecular weight is 445 g/mol. The number of aromatic nitrogens is 4. The van der Waals surface area contributed by atoms with E-state index >= 15 is 0 Å². The maximum absolute atomic E-state index is 14.3. The molecule has 1 aliphatic rings. The second-order valence-electron chi connectivity index (χ2n) is 8.07. The van der Waals surface area contributed by atoms with Gasteiger partial charge in [0.15, 0.2) is 5.65 Å². The van der Waals surface area contributed by atoms with Gasteiger partial charge in [-0.05, 0) is 44.7 Å². The second-order valence-corrected chi connectivity index (χ2v) is 8.07. The van der Waals surface area contributed by atoms with Gasteiger partial charge in [0, 0.05) is 18.0 Å². The minimum Gasteiger partial charge on any atom is -0.394 e. The number of hydrogen-bond donors (Lipinski definition) is 4. The molecule has 2 heterocycles. The number of carbonyl (C=O) groups is 1. The number of primary amides is 1. The summed E-state index contributed by atoms with van der Waals surface area (Å²) >= 11 is 0. The van der Waals surface area contributed by atoms with Crippen LogP contribution in [0.1, 0.15) is 38.6 Å². The van der Waals surface area contributed by atoms with Gasteiger partial charge >= 0.3 is 0 Å². The molecule has 1 unspecified atom stereocenters. The van der Waals surface area contributed by atoms with Gasteiger partial charge in [0.2, 0.25) is 17.8 Å². The molecule has 2 aromatic heterocycles. The van der Waals surface area contributed by atoms with Crippen molar-refractivity contribution < 1.29 is 18.7 Å². The van der Waals surface area contributed by atoms with Gasteiger partial charge in [-0.2, -0.15) is 4.98 Å². The maximum atomic E-state index is 14.3. The first-order valence-electron chi connectivity index (χ1n) is 10.5. The quantitative estimate of drug-likeness (QED) is 0.440. The highest BCUT2D eigenvalue weighted by Gasteiger charge is 2.29. The van der Waals surface area contributed by atoms with Crippen LogP contribution in [0, 0.1) is 17.6 Å². The number of nitrogens with one attached hydrogen (secondary N) is 2. The Morgan fingerprint density at radius 3 is 2.56 bits per heavy atom. The molecule has 0 radical (unpaired) electrons. The number of rotatable bonds is 7. The van der Waals surface area contributed by atoms with E-state index in [4.69, 9.17) is 5.73 Å². The van der Waals surface area contributed by atoms with Crippen LogP contribution in [0.5, 0.6) is 0 Å². The van der Waals surface area contributed by atoms with Crippen LogP contribution >= 0.6 is 0 Å². The Morgan fingerprint density at radius 1 is 1.25 bits per heavy atom. The molecule has 1 atom stereocenters. The molecule has 5 N–H and O–H groups in total. The molecule has 170 valence electrons. The van der Waals surface area contributed by atoms with Gasteiger partial charge < -0.3 is 21.5 Å². The van der Waals surface area contributed by atoms with Crippen LogP contribution in [0.25, 0.3) is 11.2 Å². The number of aliphatic hydroxyl groups excluding tert-OH is 1. The first kappa shape index (κ1) is 21.9. The van der Waals surface area contributed by atoms with Crippen molar-refractivity contribution in [1.82, 2.24) is 19.5 Å². The fraction of sp³-hybridized carbons (Fsp3) is 0.429. The highest BCUT2D eigenvalue weighted by Crippen LogP contribution is 2.37. The zero-order valence-corrected chi connectivity index (χ0v) is 17.6. The van der Waals surface area contributed by atoms with Crippen molar-refractivity contribution in [2.75, 3.05) is 17.2 Å². The summed E-state index contributed by atoms with van der Waals surface area (Å²) in [6.45, 7) is 1.68. The minimum atomic E-state index is -0.744. The lowest BCUT2D eigenvalue weighted by atomic mass is 9.85. The van der Waals surface area contributed by atoms with E-state index in [2.05, 4.69) is 25.6 Å². The summed E-state index contributed by atoms with van der Waals surface area (Å²) < 4.78 is 30.4. The van der Waals surface area contributed by atoms with Crippen LogP contribution in [0.3, 0.4) is 0 Å². The Bertz CT molecular complexity index is 1110. The topological polar surface area (TPSA) is 131 Å². The molecule has 1 aliphatic carbocycles. The standard InChI is InChI=1S/C21H25F2N7O2/c1-11(10-31)26-20-25-9-16-19(29-20)30(13-7-5-12(6-8-13)18(24)32)21(27-16)28-17-14(22)3-2-4-15(17)23/h2-4,9,11-13,31H,5-8,10H2,1H3,(H2,24,32)(H,27,28)(H,25,26,29). The second kappa shape index (κ2) is 9.03. The van der Waals surface area contributed by atoms with Gasteiger partial charge in [0.05, 0.1) is 12.8 Å². The summed E-state index contributed by atoms with van der Waals surface area (Å²) in [6.07, 6.45) is 3.99. The number of hydrogen-bond acceptors (Lipinski definition) is 7. The number of benzene rings is 1. The molecule has 0 bridgehead atoms. The van der Waals surface area contributed by atoms with E-state index < -0.39 is 11.6 Å². The highest BCUT2D eigenvalue weighted by atomic mass is 19.1. The van der Waals surface area contributed by atoms with Crippen molar-refractivity contribution in [1.29, 1.82) is 0 Å². The zero-order chi connectivity index (χ0) is 22.8. The Kier molecular flexibility index (Phi) is 6.17. The Hall–Kier alpha value is -3.34. The molecule has 1 amide bonds. The molecule has 0 spiro atoms. The molecule has 11 heteroatoms. The number of para-hydroxylation sites is 1. The van der Waals surface area contributed by atoms with Crippen molar-refractivity contribution >= 4 is 34.7 Å². The summed E-state index contributed by atoms with van der Waals surface area (Å²) in [6, 6.07) is 3.24. The molecule has 1 fully saturated rings. The maximum Gasteiger partial charge on any atom is 0.225 e. The number of nitrogens with two attached hydrogens (primary N) is 1. The molecular weight excluding hydrogens is 420 g/mol. The van der Waals surface area contributed by atoms with Gasteiger partial charge in [-0.1, -0.05) is 6.07 Å². The molecule has 32 heavy (non-hydrogen) atoms. The largest absolute Gasteiger partial charge is 0.394 e. The predicted octanol–water partition coefficient (Wildman–Crippen LogP) is 2.86. The molecule has 9 nitrogen and oxygen atoms in total. The Morgan fingerprint density at radius 2 is 1.94 bits per heavy atom. The van der Waals surface area contributed by atoms with Gasteiger partial charge in [0.25, 0.3) is 0 Å². The van der Waals surface area contributed by atoms with Crippen molar-refractivity contribution in [2.24, 2.45) is 11.7 Å². The fourth-order valence-corrected chi connectivity index (χ4v) is 4.01. The summed E-state index contributed by atoms with van der Waals surface area (Å²) in [4.78, 5) is 24.8. The van der Waals surface area contributed by atoms with Gasteiger partial charge in [0.1, 0.15) is 22.8 Å². The number of fused-ring (bicyclic) bond motifs is 1. The first-order valence-corrected chi connectivity index (χ1v) is 10.5. The van der Waals surface area contributed by atoms with Crippen LogP contribution in [-0.4, -0.2) is 43.2 Å². The summed E-state index contributed by atoms with van der Waals surface area (Å²) in [5, 5.41) is 15.1. The third-order valence-electron chi connectivity index (χ3n) is 5.75. The number of nitrogens with zero attached hydrogens (tertiary/aromatic N) is 4. The Labute approximate surface area is 183 Å². The van der Waals surface area contributed by atoms with Crippen LogP contribution in [0.4, 0.5) is 26.4 Å². The van der Waals surface area contributed by atoms with E-state index in [1.807, 2.05) is 0 Å². The molecule has 0 saturated heterocycles. The lowest BCUT2D eigenvalue weighted by Crippen LogP contribution is -2.29. The van der Waals surface area contributed by atoms with E-state index in [1.165, 1.54) is 12.3 Å². The van der Waals surface area contributed by atoms with Crippen molar-refractivity contribution in [2.45, 2.75) is 44.7 Å². The fourth-order valence-electron chi connectivity index (χ4n) is 4.01. The summed E-state index contributed by atoms with van der Waals surface area (Å²) in [7, 11) is 0. The molecule has 3 aromatic rings. The van der Waals surface area contributed by atoms with Crippen LogP contribution in [-0.2, 0) is 4.79 Å². The third-order valence-corrected chi connectivity index (χ3v) is 5.75. The van der Waals surface area contributed by atoms with E-state index in [1.54, 1.807) is 11.5 Å². The normalized spacial score (nSPS) is 19.6.